The Kier molecular flexibility index (Phi) is 6.49. The average molecular weight is 355 g/mol. The molecule has 3 N–H and O–H groups in total. The zero-order valence-corrected chi connectivity index (χ0v) is 14.4. The van der Waals surface area contributed by atoms with E-state index in [1.54, 1.807) is 49.4 Å². The number of aromatic hydroxyl groups is 1. The molecule has 0 aliphatic carbocycles. The van der Waals surface area contributed by atoms with Crippen molar-refractivity contribution in [3.05, 3.63) is 59.2 Å². The van der Waals surface area contributed by atoms with Gasteiger partial charge in [0.1, 0.15) is 12.0 Å². The minimum Gasteiger partial charge on any atom is -0.505 e. The Morgan fingerprint density at radius 3 is 2.46 bits per heavy atom. The van der Waals surface area contributed by atoms with E-state index < -0.39 is 17.8 Å². The minimum absolute atomic E-state index is 0.0162. The molecular formula is C20H21NO5. The molecule has 0 bridgehead atoms. The van der Waals surface area contributed by atoms with Gasteiger partial charge in [-0.15, -0.1) is 0 Å². The summed E-state index contributed by atoms with van der Waals surface area (Å²) in [4.78, 5) is 34.3. The van der Waals surface area contributed by atoms with Crippen LogP contribution in [0.4, 0.5) is 5.69 Å². The lowest BCUT2D eigenvalue weighted by Gasteiger charge is -2.17. The van der Waals surface area contributed by atoms with Crippen molar-refractivity contribution in [3.8, 4) is 5.75 Å². The van der Waals surface area contributed by atoms with Gasteiger partial charge in [0.2, 0.25) is 0 Å². The van der Waals surface area contributed by atoms with Crippen molar-refractivity contribution in [2.75, 3.05) is 5.32 Å². The van der Waals surface area contributed by atoms with E-state index in [9.17, 15) is 19.5 Å². The number of hydrogen-bond donors (Lipinski definition) is 3. The maximum Gasteiger partial charge on any atom is 0.303 e. The number of aliphatic carboxylic acids is 1. The highest BCUT2D eigenvalue weighted by molar-refractivity contribution is 6.05. The van der Waals surface area contributed by atoms with Crippen LogP contribution in [0.5, 0.6) is 5.75 Å². The summed E-state index contributed by atoms with van der Waals surface area (Å²) in [5.41, 5.74) is 1.64. The van der Waals surface area contributed by atoms with Crippen molar-refractivity contribution >= 4 is 23.9 Å². The molecule has 0 spiro atoms. The predicted molar refractivity (Wildman–Crippen MR) is 97.6 cm³/mol. The quantitative estimate of drug-likeness (QED) is 0.498. The second kappa shape index (κ2) is 8.80. The Bertz CT molecular complexity index is 801. The Morgan fingerprint density at radius 1 is 1.15 bits per heavy atom. The summed E-state index contributed by atoms with van der Waals surface area (Å²) >= 11 is 0. The molecule has 2 rings (SSSR count). The number of anilines is 1. The molecule has 2 aromatic carbocycles. The van der Waals surface area contributed by atoms with Crippen LogP contribution in [0.25, 0.3) is 0 Å². The maximum atomic E-state index is 12.5. The summed E-state index contributed by atoms with van der Waals surface area (Å²) in [5, 5.41) is 22.0. The van der Waals surface area contributed by atoms with Crippen LogP contribution in [0.15, 0.2) is 42.5 Å². The predicted octanol–water partition coefficient (Wildman–Crippen LogP) is 3.35. The van der Waals surface area contributed by atoms with Crippen LogP contribution in [-0.2, 0) is 16.0 Å². The molecule has 6 nitrogen and oxygen atoms in total. The molecule has 136 valence electrons. The monoisotopic (exact) mass is 355 g/mol. The zero-order chi connectivity index (χ0) is 19.1. The standard InChI is InChI=1S/C20H21NO5/c1-13(12-22)16-11-10-14(8-5-9-17(23)24)19(25)18(16)21-20(26)15-6-3-2-4-7-15/h2-4,6-7,10-13,25H,5,8-9H2,1H3,(H,21,26)(H,23,24). The first-order valence-electron chi connectivity index (χ1n) is 8.32. The van der Waals surface area contributed by atoms with Crippen LogP contribution in [-0.4, -0.2) is 28.4 Å². The van der Waals surface area contributed by atoms with E-state index in [4.69, 9.17) is 5.11 Å². The van der Waals surface area contributed by atoms with Crippen LogP contribution in [0, 0.1) is 0 Å². The van der Waals surface area contributed by atoms with Gasteiger partial charge in [0.05, 0.1) is 5.69 Å². The number of aryl methyl sites for hydroxylation is 1. The highest BCUT2D eigenvalue weighted by Gasteiger charge is 2.19. The number of amides is 1. The fourth-order valence-corrected chi connectivity index (χ4v) is 2.64. The van der Waals surface area contributed by atoms with Crippen molar-refractivity contribution in [2.24, 2.45) is 0 Å². The average Bonchev–Trinajstić information content (AvgIpc) is 2.64. The highest BCUT2D eigenvalue weighted by Crippen LogP contribution is 2.36. The number of rotatable bonds is 8. The van der Waals surface area contributed by atoms with Gasteiger partial charge in [0.25, 0.3) is 5.91 Å². The van der Waals surface area contributed by atoms with Crippen LogP contribution in [0.1, 0.15) is 47.2 Å². The van der Waals surface area contributed by atoms with Gasteiger partial charge in [-0.05, 0) is 36.1 Å². The smallest absolute Gasteiger partial charge is 0.303 e. The van der Waals surface area contributed by atoms with Gasteiger partial charge in [-0.2, -0.15) is 0 Å². The molecule has 6 heteroatoms. The van der Waals surface area contributed by atoms with Gasteiger partial charge in [-0.1, -0.05) is 37.3 Å². The van der Waals surface area contributed by atoms with Gasteiger partial charge in [0.15, 0.2) is 0 Å². The van der Waals surface area contributed by atoms with Crippen LogP contribution >= 0.6 is 0 Å². The summed E-state index contributed by atoms with van der Waals surface area (Å²) in [6.07, 6.45) is 1.42. The van der Waals surface area contributed by atoms with E-state index in [0.29, 0.717) is 29.5 Å². The molecule has 0 saturated carbocycles. The molecule has 1 unspecified atom stereocenters. The molecule has 0 fully saturated rings. The van der Waals surface area contributed by atoms with Gasteiger partial charge >= 0.3 is 5.97 Å². The fourth-order valence-electron chi connectivity index (χ4n) is 2.64. The number of phenols is 1. The number of nitrogens with one attached hydrogen (secondary N) is 1. The summed E-state index contributed by atoms with van der Waals surface area (Å²) in [5.74, 6) is -1.96. The summed E-state index contributed by atoms with van der Waals surface area (Å²) < 4.78 is 0. The third-order valence-electron chi connectivity index (χ3n) is 4.10. The van der Waals surface area contributed by atoms with Gasteiger partial charge in [-0.25, -0.2) is 0 Å². The molecule has 26 heavy (non-hydrogen) atoms. The number of phenolic OH excluding ortho intramolecular Hbond substituents is 1. The number of carboxylic acid groups (broad SMARTS) is 1. The first kappa shape index (κ1) is 19.2. The van der Waals surface area contributed by atoms with Crippen molar-refractivity contribution in [3.63, 3.8) is 0 Å². The van der Waals surface area contributed by atoms with E-state index in [1.807, 2.05) is 0 Å². The second-order valence-electron chi connectivity index (χ2n) is 6.03. The molecule has 1 atom stereocenters. The van der Waals surface area contributed by atoms with Crippen molar-refractivity contribution in [1.29, 1.82) is 0 Å². The van der Waals surface area contributed by atoms with E-state index in [1.165, 1.54) is 0 Å². The Hall–Kier alpha value is -3.15. The Morgan fingerprint density at radius 2 is 1.85 bits per heavy atom. The first-order chi connectivity index (χ1) is 12.4. The van der Waals surface area contributed by atoms with E-state index in [2.05, 4.69) is 5.32 Å². The van der Waals surface area contributed by atoms with E-state index >= 15 is 0 Å². The summed E-state index contributed by atoms with van der Waals surface area (Å²) in [6, 6.07) is 11.9. The van der Waals surface area contributed by atoms with Crippen molar-refractivity contribution in [2.45, 2.75) is 32.1 Å². The third kappa shape index (κ3) is 4.69. The fraction of sp³-hybridized carbons (Fsp3) is 0.250. The Labute approximate surface area is 151 Å². The maximum absolute atomic E-state index is 12.5. The number of hydrogen-bond acceptors (Lipinski definition) is 4. The molecular weight excluding hydrogens is 334 g/mol. The van der Waals surface area contributed by atoms with Gasteiger partial charge in [-0.3, -0.25) is 9.59 Å². The lowest BCUT2D eigenvalue weighted by atomic mass is 9.95. The minimum atomic E-state index is -0.909. The molecule has 0 aromatic heterocycles. The molecule has 0 aliphatic rings. The number of carbonyl (C=O) groups excluding carboxylic acids is 2. The number of aldehydes is 1. The first-order valence-corrected chi connectivity index (χ1v) is 8.32. The largest absolute Gasteiger partial charge is 0.505 e. The number of carboxylic acids is 1. The molecule has 0 radical (unpaired) electrons. The van der Waals surface area contributed by atoms with E-state index in [-0.39, 0.29) is 17.9 Å². The van der Waals surface area contributed by atoms with Crippen molar-refractivity contribution in [1.82, 2.24) is 0 Å². The second-order valence-corrected chi connectivity index (χ2v) is 6.03. The van der Waals surface area contributed by atoms with Gasteiger partial charge in [0, 0.05) is 17.9 Å². The SMILES string of the molecule is CC(C=O)c1ccc(CCCC(=O)O)c(O)c1NC(=O)c1ccccc1. The molecule has 1 amide bonds. The molecule has 0 saturated heterocycles. The summed E-state index contributed by atoms with van der Waals surface area (Å²) in [7, 11) is 0. The van der Waals surface area contributed by atoms with Crippen LogP contribution < -0.4 is 5.32 Å². The normalized spacial score (nSPS) is 11.6. The van der Waals surface area contributed by atoms with Crippen molar-refractivity contribution < 1.29 is 24.6 Å². The van der Waals surface area contributed by atoms with Gasteiger partial charge < -0.3 is 20.3 Å². The lowest BCUT2D eigenvalue weighted by molar-refractivity contribution is -0.137. The number of carbonyl (C=O) groups is 3. The zero-order valence-electron chi connectivity index (χ0n) is 14.4. The van der Waals surface area contributed by atoms with Crippen LogP contribution in [0.2, 0.25) is 0 Å². The van der Waals surface area contributed by atoms with E-state index in [0.717, 1.165) is 6.29 Å². The lowest BCUT2D eigenvalue weighted by Crippen LogP contribution is -2.15. The molecule has 0 aliphatic heterocycles. The highest BCUT2D eigenvalue weighted by atomic mass is 16.4. The number of benzene rings is 2. The molecule has 0 heterocycles. The van der Waals surface area contributed by atoms with Crippen LogP contribution in [0.3, 0.4) is 0 Å². The third-order valence-corrected chi connectivity index (χ3v) is 4.10. The summed E-state index contributed by atoms with van der Waals surface area (Å²) in [6.45, 7) is 1.67. The topological polar surface area (TPSA) is 104 Å². The Balaban J connectivity index is 2.34. The molecule has 2 aromatic rings.